The summed E-state index contributed by atoms with van der Waals surface area (Å²) in [7, 11) is 0. The van der Waals surface area contributed by atoms with Crippen LogP contribution in [0.1, 0.15) is 15.9 Å². The van der Waals surface area contributed by atoms with Gasteiger partial charge in [0.15, 0.2) is 5.78 Å². The van der Waals surface area contributed by atoms with E-state index in [2.05, 4.69) is 4.98 Å². The molecule has 0 fully saturated rings. The minimum atomic E-state index is -0.00398. The maximum atomic E-state index is 11.8. The van der Waals surface area contributed by atoms with Gasteiger partial charge in [-0.2, -0.15) is 0 Å². The van der Waals surface area contributed by atoms with Crippen LogP contribution >= 0.6 is 0 Å². The lowest BCUT2D eigenvalue weighted by Crippen LogP contribution is -2.08. The van der Waals surface area contributed by atoms with Crippen LogP contribution in [0, 0.1) is 0 Å². The van der Waals surface area contributed by atoms with Crippen LogP contribution in [0.4, 0.5) is 0 Å². The maximum Gasteiger partial charge on any atom is 0.182 e. The Hall–Kier alpha value is -1.94. The molecule has 0 saturated carbocycles. The second-order valence-corrected chi connectivity index (χ2v) is 3.51. The summed E-state index contributed by atoms with van der Waals surface area (Å²) in [5.41, 5.74) is 1.45. The number of nitrogens with zero attached hydrogens (tertiary/aromatic N) is 2. The lowest BCUT2D eigenvalue weighted by Gasteiger charge is -2.02. The molecule has 0 unspecified atom stereocenters. The van der Waals surface area contributed by atoms with E-state index in [1.54, 1.807) is 47.6 Å². The summed E-state index contributed by atoms with van der Waals surface area (Å²) in [4.78, 5) is 15.7. The van der Waals surface area contributed by atoms with Crippen molar-refractivity contribution >= 4 is 5.78 Å². The minimum Gasteiger partial charge on any atom is -0.392 e. The van der Waals surface area contributed by atoms with Gasteiger partial charge in [-0.25, -0.2) is 4.98 Å². The summed E-state index contributed by atoms with van der Waals surface area (Å²) >= 11 is 0. The second-order valence-electron chi connectivity index (χ2n) is 3.51. The predicted molar refractivity (Wildman–Crippen MR) is 58.9 cm³/mol. The average molecular weight is 216 g/mol. The molecular formula is C12H12N2O2. The van der Waals surface area contributed by atoms with Crippen molar-refractivity contribution in [1.29, 1.82) is 0 Å². The van der Waals surface area contributed by atoms with E-state index >= 15 is 0 Å². The predicted octanol–water partition coefficient (Wildman–Crippen LogP) is 1.26. The first-order valence-corrected chi connectivity index (χ1v) is 4.98. The zero-order chi connectivity index (χ0) is 11.4. The summed E-state index contributed by atoms with van der Waals surface area (Å²) in [5, 5.41) is 8.88. The molecule has 82 valence electrons. The standard InChI is InChI=1S/C12H12N2O2/c15-8-10-1-3-11(4-2-10)12(16)7-14-6-5-13-9-14/h1-6,9,15H,7-8H2. The normalized spacial score (nSPS) is 10.3. The van der Waals surface area contributed by atoms with Crippen molar-refractivity contribution in [3.63, 3.8) is 0 Å². The molecule has 0 atom stereocenters. The van der Waals surface area contributed by atoms with Gasteiger partial charge in [-0.15, -0.1) is 0 Å². The van der Waals surface area contributed by atoms with E-state index in [1.807, 2.05) is 0 Å². The van der Waals surface area contributed by atoms with Gasteiger partial charge in [0, 0.05) is 18.0 Å². The number of aliphatic hydroxyl groups is 1. The number of hydrogen-bond acceptors (Lipinski definition) is 3. The Labute approximate surface area is 93.2 Å². The summed E-state index contributed by atoms with van der Waals surface area (Å²) in [5.74, 6) is 0.0301. The molecule has 16 heavy (non-hydrogen) atoms. The molecule has 1 aromatic carbocycles. The Kier molecular flexibility index (Phi) is 3.12. The van der Waals surface area contributed by atoms with E-state index in [-0.39, 0.29) is 12.4 Å². The van der Waals surface area contributed by atoms with Gasteiger partial charge in [-0.3, -0.25) is 4.79 Å². The third-order valence-electron chi connectivity index (χ3n) is 2.34. The van der Waals surface area contributed by atoms with Crippen molar-refractivity contribution in [1.82, 2.24) is 9.55 Å². The highest BCUT2D eigenvalue weighted by Gasteiger charge is 2.05. The fourth-order valence-corrected chi connectivity index (χ4v) is 1.43. The number of aromatic nitrogens is 2. The Morgan fingerprint density at radius 1 is 1.31 bits per heavy atom. The van der Waals surface area contributed by atoms with Gasteiger partial charge in [0.05, 0.1) is 19.5 Å². The van der Waals surface area contributed by atoms with E-state index in [4.69, 9.17) is 5.11 Å². The number of carbonyl (C=O) groups excluding carboxylic acids is 1. The zero-order valence-electron chi connectivity index (χ0n) is 8.71. The quantitative estimate of drug-likeness (QED) is 0.783. The number of benzene rings is 1. The van der Waals surface area contributed by atoms with Gasteiger partial charge in [0.1, 0.15) is 0 Å². The Morgan fingerprint density at radius 2 is 2.06 bits per heavy atom. The van der Waals surface area contributed by atoms with E-state index < -0.39 is 0 Å². The highest BCUT2D eigenvalue weighted by molar-refractivity contribution is 5.95. The average Bonchev–Trinajstić information content (AvgIpc) is 2.82. The molecule has 1 heterocycles. The van der Waals surface area contributed by atoms with Crippen molar-refractivity contribution in [3.05, 3.63) is 54.1 Å². The summed E-state index contributed by atoms with van der Waals surface area (Å²) in [6, 6.07) is 6.96. The summed E-state index contributed by atoms with van der Waals surface area (Å²) < 4.78 is 1.72. The van der Waals surface area contributed by atoms with Crippen molar-refractivity contribution in [2.24, 2.45) is 0 Å². The first-order valence-electron chi connectivity index (χ1n) is 4.98. The first kappa shape index (κ1) is 10.6. The number of hydrogen-bond donors (Lipinski definition) is 1. The first-order chi connectivity index (χ1) is 7.79. The topological polar surface area (TPSA) is 55.1 Å². The fraction of sp³-hybridized carbons (Fsp3) is 0.167. The SMILES string of the molecule is O=C(Cn1ccnc1)c1ccc(CO)cc1. The monoisotopic (exact) mass is 216 g/mol. The van der Waals surface area contributed by atoms with Crippen LogP contribution in [0.15, 0.2) is 43.0 Å². The highest BCUT2D eigenvalue weighted by atomic mass is 16.3. The molecule has 0 bridgehead atoms. The van der Waals surface area contributed by atoms with E-state index in [9.17, 15) is 4.79 Å². The van der Waals surface area contributed by atoms with Gasteiger partial charge in [-0.05, 0) is 5.56 Å². The number of carbonyl (C=O) groups is 1. The van der Waals surface area contributed by atoms with Crippen molar-refractivity contribution in [2.75, 3.05) is 0 Å². The molecule has 0 aliphatic carbocycles. The molecule has 4 heteroatoms. The maximum absolute atomic E-state index is 11.8. The molecule has 0 radical (unpaired) electrons. The molecule has 2 aromatic rings. The lowest BCUT2D eigenvalue weighted by molar-refractivity contribution is 0.0972. The van der Waals surface area contributed by atoms with E-state index in [0.29, 0.717) is 12.1 Å². The Bertz CT molecular complexity index is 460. The molecular weight excluding hydrogens is 204 g/mol. The number of Topliss-reactive ketones (excluding diaryl/α,β-unsaturated/α-hetero) is 1. The third kappa shape index (κ3) is 2.35. The van der Waals surface area contributed by atoms with Crippen LogP contribution in [0.3, 0.4) is 0 Å². The number of imidazole rings is 1. The second kappa shape index (κ2) is 4.72. The zero-order valence-corrected chi connectivity index (χ0v) is 8.71. The van der Waals surface area contributed by atoms with Crippen molar-refractivity contribution in [2.45, 2.75) is 13.2 Å². The summed E-state index contributed by atoms with van der Waals surface area (Å²) in [6.07, 6.45) is 5.00. The molecule has 0 spiro atoms. The van der Waals surface area contributed by atoms with E-state index in [0.717, 1.165) is 5.56 Å². The molecule has 1 N–H and O–H groups in total. The highest BCUT2D eigenvalue weighted by Crippen LogP contribution is 2.06. The van der Waals surface area contributed by atoms with Gasteiger partial charge in [-0.1, -0.05) is 24.3 Å². The van der Waals surface area contributed by atoms with Crippen LogP contribution in [-0.2, 0) is 13.2 Å². The smallest absolute Gasteiger partial charge is 0.182 e. The van der Waals surface area contributed by atoms with Gasteiger partial charge in [0.2, 0.25) is 0 Å². The van der Waals surface area contributed by atoms with Gasteiger partial charge < -0.3 is 9.67 Å². The van der Waals surface area contributed by atoms with Crippen molar-refractivity contribution in [3.8, 4) is 0 Å². The molecule has 0 aliphatic heterocycles. The van der Waals surface area contributed by atoms with Gasteiger partial charge in [0.25, 0.3) is 0 Å². The van der Waals surface area contributed by atoms with Crippen molar-refractivity contribution < 1.29 is 9.90 Å². The van der Waals surface area contributed by atoms with Crippen LogP contribution in [0.2, 0.25) is 0 Å². The molecule has 1 aromatic heterocycles. The van der Waals surface area contributed by atoms with Crippen LogP contribution in [0.25, 0.3) is 0 Å². The number of ketones is 1. The third-order valence-corrected chi connectivity index (χ3v) is 2.34. The number of aliphatic hydroxyl groups excluding tert-OH is 1. The molecule has 0 aliphatic rings. The van der Waals surface area contributed by atoms with Crippen LogP contribution in [-0.4, -0.2) is 20.4 Å². The van der Waals surface area contributed by atoms with Gasteiger partial charge >= 0.3 is 0 Å². The number of rotatable bonds is 4. The van der Waals surface area contributed by atoms with Crippen LogP contribution < -0.4 is 0 Å². The summed E-state index contributed by atoms with van der Waals surface area (Å²) in [6.45, 7) is 0.286. The Balaban J connectivity index is 2.09. The van der Waals surface area contributed by atoms with E-state index in [1.165, 1.54) is 0 Å². The minimum absolute atomic E-state index is 0.00398. The van der Waals surface area contributed by atoms with Crippen LogP contribution in [0.5, 0.6) is 0 Å². The fourth-order valence-electron chi connectivity index (χ4n) is 1.43. The molecule has 0 saturated heterocycles. The largest absolute Gasteiger partial charge is 0.392 e. The molecule has 4 nitrogen and oxygen atoms in total. The Morgan fingerprint density at radius 3 is 2.62 bits per heavy atom. The lowest BCUT2D eigenvalue weighted by atomic mass is 10.1. The molecule has 0 amide bonds. The molecule has 2 rings (SSSR count).